The van der Waals surface area contributed by atoms with Crippen LogP contribution in [0, 0.1) is 5.82 Å². The number of rotatable bonds is 4. The first kappa shape index (κ1) is 15.6. The zero-order chi connectivity index (χ0) is 17.2. The molecule has 0 fully saturated rings. The number of hydrogen-bond donors (Lipinski definition) is 2. The highest BCUT2D eigenvalue weighted by Crippen LogP contribution is 2.40. The van der Waals surface area contributed by atoms with Gasteiger partial charge in [0.25, 0.3) is 0 Å². The summed E-state index contributed by atoms with van der Waals surface area (Å²) in [6.07, 6.45) is 1.99. The maximum absolute atomic E-state index is 13.1. The van der Waals surface area contributed by atoms with Crippen LogP contribution in [0.1, 0.15) is 29.2 Å². The van der Waals surface area contributed by atoms with Crippen molar-refractivity contribution < 1.29 is 4.39 Å². The molecular formula is C20H19FN4. The van der Waals surface area contributed by atoms with E-state index in [-0.39, 0.29) is 11.7 Å². The molecule has 2 aromatic carbocycles. The van der Waals surface area contributed by atoms with Crippen molar-refractivity contribution in [2.24, 2.45) is 0 Å². The number of anilines is 3. The van der Waals surface area contributed by atoms with Crippen LogP contribution in [0.4, 0.5) is 21.8 Å². The Hall–Kier alpha value is -2.95. The predicted molar refractivity (Wildman–Crippen MR) is 97.9 cm³/mol. The van der Waals surface area contributed by atoms with E-state index in [1.54, 1.807) is 12.1 Å². The SMILES string of the molecule is CNc1nc(Nc2ccc(F)cc2)nc2c1CCC2c1ccccc1. The Morgan fingerprint density at radius 2 is 1.76 bits per heavy atom. The third-order valence-electron chi connectivity index (χ3n) is 4.59. The van der Waals surface area contributed by atoms with Gasteiger partial charge < -0.3 is 10.6 Å². The van der Waals surface area contributed by atoms with Crippen LogP contribution in [0.25, 0.3) is 0 Å². The number of fused-ring (bicyclic) bond motifs is 1. The van der Waals surface area contributed by atoms with Crippen molar-refractivity contribution >= 4 is 17.5 Å². The van der Waals surface area contributed by atoms with Crippen LogP contribution < -0.4 is 10.6 Å². The lowest BCUT2D eigenvalue weighted by Gasteiger charge is -2.14. The molecule has 0 amide bonds. The van der Waals surface area contributed by atoms with Gasteiger partial charge in [0.15, 0.2) is 0 Å². The summed E-state index contributed by atoms with van der Waals surface area (Å²) in [7, 11) is 1.88. The Morgan fingerprint density at radius 3 is 2.48 bits per heavy atom. The third-order valence-corrected chi connectivity index (χ3v) is 4.59. The Morgan fingerprint density at radius 1 is 1.00 bits per heavy atom. The normalized spacial score (nSPS) is 15.7. The summed E-state index contributed by atoms with van der Waals surface area (Å²) in [5.41, 5.74) is 4.28. The van der Waals surface area contributed by atoms with Crippen molar-refractivity contribution in [3.63, 3.8) is 0 Å². The fourth-order valence-electron chi connectivity index (χ4n) is 3.40. The molecule has 3 aromatic rings. The van der Waals surface area contributed by atoms with Crippen molar-refractivity contribution in [2.45, 2.75) is 18.8 Å². The van der Waals surface area contributed by atoms with Gasteiger partial charge in [-0.05, 0) is 42.7 Å². The van der Waals surface area contributed by atoms with Gasteiger partial charge in [-0.1, -0.05) is 30.3 Å². The molecule has 5 heteroatoms. The molecule has 1 heterocycles. The van der Waals surface area contributed by atoms with Crippen molar-refractivity contribution in [3.8, 4) is 0 Å². The third kappa shape index (κ3) is 3.05. The smallest absolute Gasteiger partial charge is 0.229 e. The lowest BCUT2D eigenvalue weighted by molar-refractivity contribution is 0.628. The number of hydrogen-bond acceptors (Lipinski definition) is 4. The van der Waals surface area contributed by atoms with Gasteiger partial charge in [0.2, 0.25) is 5.95 Å². The maximum Gasteiger partial charge on any atom is 0.229 e. The highest BCUT2D eigenvalue weighted by molar-refractivity contribution is 5.59. The number of aromatic nitrogens is 2. The molecule has 0 saturated carbocycles. The van der Waals surface area contributed by atoms with Crippen molar-refractivity contribution in [3.05, 3.63) is 77.2 Å². The summed E-state index contributed by atoms with van der Waals surface area (Å²) in [5.74, 6) is 1.39. The van der Waals surface area contributed by atoms with E-state index < -0.39 is 0 Å². The van der Waals surface area contributed by atoms with E-state index in [0.717, 1.165) is 30.0 Å². The van der Waals surface area contributed by atoms with Crippen molar-refractivity contribution in [1.29, 1.82) is 0 Å². The average Bonchev–Trinajstić information content (AvgIpc) is 3.07. The fraction of sp³-hybridized carbons (Fsp3) is 0.200. The maximum atomic E-state index is 13.1. The minimum absolute atomic E-state index is 0.263. The fourth-order valence-corrected chi connectivity index (χ4v) is 3.40. The zero-order valence-electron chi connectivity index (χ0n) is 14.0. The first-order valence-corrected chi connectivity index (χ1v) is 8.40. The molecule has 1 atom stereocenters. The van der Waals surface area contributed by atoms with E-state index in [4.69, 9.17) is 4.98 Å². The summed E-state index contributed by atoms with van der Waals surface area (Å²) < 4.78 is 13.1. The number of nitrogens with one attached hydrogen (secondary N) is 2. The van der Waals surface area contributed by atoms with E-state index in [2.05, 4.69) is 39.9 Å². The number of benzene rings is 2. The highest BCUT2D eigenvalue weighted by atomic mass is 19.1. The predicted octanol–water partition coefficient (Wildman–Crippen LogP) is 4.48. The second-order valence-electron chi connectivity index (χ2n) is 6.14. The van der Waals surface area contributed by atoms with Gasteiger partial charge in [0.1, 0.15) is 11.6 Å². The zero-order valence-corrected chi connectivity index (χ0v) is 14.0. The molecule has 0 spiro atoms. The quantitative estimate of drug-likeness (QED) is 0.739. The lowest BCUT2D eigenvalue weighted by atomic mass is 9.97. The van der Waals surface area contributed by atoms with Crippen LogP contribution in [0.15, 0.2) is 54.6 Å². The number of nitrogens with zero attached hydrogens (tertiary/aromatic N) is 2. The molecule has 0 radical (unpaired) electrons. The van der Waals surface area contributed by atoms with E-state index in [9.17, 15) is 4.39 Å². The van der Waals surface area contributed by atoms with Crippen LogP contribution in [-0.4, -0.2) is 17.0 Å². The minimum Gasteiger partial charge on any atom is -0.373 e. The van der Waals surface area contributed by atoms with E-state index in [1.165, 1.54) is 23.3 Å². The van der Waals surface area contributed by atoms with Gasteiger partial charge in [-0.2, -0.15) is 4.98 Å². The molecule has 1 aromatic heterocycles. The Kier molecular flexibility index (Phi) is 4.06. The molecule has 1 aliphatic rings. The Bertz CT molecular complexity index is 878. The van der Waals surface area contributed by atoms with Crippen molar-refractivity contribution in [2.75, 3.05) is 17.7 Å². The first-order valence-electron chi connectivity index (χ1n) is 8.40. The van der Waals surface area contributed by atoms with Gasteiger partial charge >= 0.3 is 0 Å². The van der Waals surface area contributed by atoms with Crippen LogP contribution >= 0.6 is 0 Å². The van der Waals surface area contributed by atoms with Gasteiger partial charge in [-0.3, -0.25) is 0 Å². The molecule has 0 saturated heterocycles. The molecule has 1 unspecified atom stereocenters. The Labute approximate surface area is 146 Å². The van der Waals surface area contributed by atoms with Gasteiger partial charge in [-0.25, -0.2) is 9.37 Å². The second kappa shape index (κ2) is 6.51. The molecule has 126 valence electrons. The molecule has 4 nitrogen and oxygen atoms in total. The molecular weight excluding hydrogens is 315 g/mol. The molecule has 0 aliphatic heterocycles. The number of halogens is 1. The molecule has 0 bridgehead atoms. The summed E-state index contributed by atoms with van der Waals surface area (Å²) >= 11 is 0. The topological polar surface area (TPSA) is 49.8 Å². The van der Waals surface area contributed by atoms with Gasteiger partial charge in [0, 0.05) is 24.2 Å². The summed E-state index contributed by atoms with van der Waals surface area (Å²) in [6, 6.07) is 16.6. The standard InChI is InChI=1S/C20H19FN4/c1-22-19-17-12-11-16(13-5-3-2-4-6-13)18(17)24-20(25-19)23-15-9-7-14(21)8-10-15/h2-10,16H,11-12H2,1H3,(H2,22,23,24,25). The van der Waals surface area contributed by atoms with Crippen LogP contribution in [0.3, 0.4) is 0 Å². The summed E-state index contributed by atoms with van der Waals surface area (Å²) in [5, 5.41) is 6.36. The molecule has 1 aliphatic carbocycles. The van der Waals surface area contributed by atoms with Crippen LogP contribution in [0.5, 0.6) is 0 Å². The molecule has 2 N–H and O–H groups in total. The van der Waals surface area contributed by atoms with E-state index >= 15 is 0 Å². The van der Waals surface area contributed by atoms with Gasteiger partial charge in [0.05, 0.1) is 5.69 Å². The Balaban J connectivity index is 1.72. The van der Waals surface area contributed by atoms with E-state index in [1.807, 2.05) is 13.1 Å². The lowest BCUT2D eigenvalue weighted by Crippen LogP contribution is -2.07. The first-order chi connectivity index (χ1) is 12.2. The van der Waals surface area contributed by atoms with Crippen molar-refractivity contribution in [1.82, 2.24) is 9.97 Å². The molecule has 4 rings (SSSR count). The summed E-state index contributed by atoms with van der Waals surface area (Å²) in [4.78, 5) is 9.36. The second-order valence-corrected chi connectivity index (χ2v) is 6.14. The van der Waals surface area contributed by atoms with Crippen LogP contribution in [-0.2, 0) is 6.42 Å². The summed E-state index contributed by atoms with van der Waals surface area (Å²) in [6.45, 7) is 0. The minimum atomic E-state index is -0.263. The van der Waals surface area contributed by atoms with Gasteiger partial charge in [-0.15, -0.1) is 0 Å². The monoisotopic (exact) mass is 334 g/mol. The largest absolute Gasteiger partial charge is 0.373 e. The van der Waals surface area contributed by atoms with Crippen LogP contribution in [0.2, 0.25) is 0 Å². The molecule has 25 heavy (non-hydrogen) atoms. The average molecular weight is 334 g/mol. The van der Waals surface area contributed by atoms with E-state index in [0.29, 0.717) is 5.95 Å². The highest BCUT2D eigenvalue weighted by Gasteiger charge is 2.29.